The summed E-state index contributed by atoms with van der Waals surface area (Å²) in [5, 5.41) is 7.87. The Morgan fingerprint density at radius 2 is 2.07 bits per heavy atom. The number of halogens is 2. The fourth-order valence-corrected chi connectivity index (χ4v) is 4.41. The maximum Gasteiger partial charge on any atom is 0.217 e. The van der Waals surface area contributed by atoms with Crippen molar-refractivity contribution >= 4 is 51.4 Å². The molecule has 27 heavy (non-hydrogen) atoms. The molecule has 1 amide bonds. The molecule has 1 fully saturated rings. The van der Waals surface area contributed by atoms with Crippen molar-refractivity contribution in [3.63, 3.8) is 0 Å². The molecule has 1 aliphatic rings. The number of carbonyl (C=O) groups is 1. The molecule has 2 aromatic heterocycles. The van der Waals surface area contributed by atoms with Gasteiger partial charge in [-0.05, 0) is 35.9 Å². The van der Waals surface area contributed by atoms with E-state index in [9.17, 15) is 4.79 Å². The first-order valence-corrected chi connectivity index (χ1v) is 10.2. The summed E-state index contributed by atoms with van der Waals surface area (Å²) in [5.74, 6) is -0.00299. The Kier molecular flexibility index (Phi) is 4.98. The monoisotopic (exact) mass is 495 g/mol. The highest BCUT2D eigenvalue weighted by Gasteiger charge is 2.27. The second kappa shape index (κ2) is 7.27. The van der Waals surface area contributed by atoms with Gasteiger partial charge >= 0.3 is 0 Å². The zero-order valence-electron chi connectivity index (χ0n) is 15.0. The molecule has 8 heteroatoms. The zero-order chi connectivity index (χ0) is 19.1. The van der Waals surface area contributed by atoms with Gasteiger partial charge in [0, 0.05) is 37.7 Å². The van der Waals surface area contributed by atoms with Gasteiger partial charge in [0.15, 0.2) is 10.8 Å². The lowest BCUT2D eigenvalue weighted by atomic mass is 10.1. The number of nitrogens with one attached hydrogen (secondary N) is 1. The van der Waals surface area contributed by atoms with E-state index >= 15 is 0 Å². The lowest BCUT2D eigenvalue weighted by molar-refractivity contribution is -0.119. The molecule has 140 valence electrons. The summed E-state index contributed by atoms with van der Waals surface area (Å²) in [6, 6.07) is 10.3. The lowest BCUT2D eigenvalue weighted by Crippen LogP contribution is -2.35. The van der Waals surface area contributed by atoms with E-state index in [0.29, 0.717) is 5.15 Å². The number of aryl methyl sites for hydroxylation is 1. The van der Waals surface area contributed by atoms with Gasteiger partial charge in [0.2, 0.25) is 5.91 Å². The average Bonchev–Trinajstić information content (AvgIpc) is 3.20. The number of hydrogen-bond donors (Lipinski definition) is 1. The van der Waals surface area contributed by atoms with Crippen LogP contribution in [0.5, 0.6) is 0 Å². The normalized spacial score (nSPS) is 16.9. The summed E-state index contributed by atoms with van der Waals surface area (Å²) in [6.07, 6.45) is 0.897. The highest BCUT2D eigenvalue weighted by Crippen LogP contribution is 2.32. The Hall–Kier alpha value is -1.87. The topological polar surface area (TPSA) is 62.5 Å². The van der Waals surface area contributed by atoms with E-state index in [1.165, 1.54) is 5.56 Å². The highest BCUT2D eigenvalue weighted by molar-refractivity contribution is 14.1. The summed E-state index contributed by atoms with van der Waals surface area (Å²) >= 11 is 8.58. The van der Waals surface area contributed by atoms with Crippen LogP contribution < -0.4 is 10.2 Å². The van der Waals surface area contributed by atoms with E-state index in [-0.39, 0.29) is 11.9 Å². The minimum absolute atomic E-state index is 0.00299. The van der Waals surface area contributed by atoms with Crippen molar-refractivity contribution in [2.75, 3.05) is 18.0 Å². The van der Waals surface area contributed by atoms with E-state index in [2.05, 4.69) is 69.1 Å². The number of carbonyl (C=O) groups excluding carboxylic acids is 1. The summed E-state index contributed by atoms with van der Waals surface area (Å²) in [5.41, 5.74) is 4.88. The van der Waals surface area contributed by atoms with Crippen LogP contribution in [-0.4, -0.2) is 39.6 Å². The largest absolute Gasteiger partial charge is 0.366 e. The maximum absolute atomic E-state index is 11.4. The third kappa shape index (κ3) is 3.62. The van der Waals surface area contributed by atoms with Gasteiger partial charge < -0.3 is 10.2 Å². The molecule has 1 unspecified atom stereocenters. The molecule has 1 aliphatic heterocycles. The predicted molar refractivity (Wildman–Crippen MR) is 115 cm³/mol. The second-order valence-electron chi connectivity index (χ2n) is 6.84. The van der Waals surface area contributed by atoms with Gasteiger partial charge in [-0.2, -0.15) is 5.10 Å². The Labute approximate surface area is 176 Å². The van der Waals surface area contributed by atoms with Crippen molar-refractivity contribution in [3.8, 4) is 11.3 Å². The highest BCUT2D eigenvalue weighted by atomic mass is 127. The third-order valence-electron chi connectivity index (χ3n) is 4.74. The first kappa shape index (κ1) is 18.5. The molecule has 6 nitrogen and oxygen atoms in total. The lowest BCUT2D eigenvalue weighted by Gasteiger charge is -2.19. The van der Waals surface area contributed by atoms with Crippen molar-refractivity contribution in [1.29, 1.82) is 0 Å². The molecule has 0 bridgehead atoms. The van der Waals surface area contributed by atoms with Gasteiger partial charge in [-0.1, -0.05) is 41.4 Å². The molecular weight excluding hydrogens is 477 g/mol. The summed E-state index contributed by atoms with van der Waals surface area (Å²) in [7, 11) is 0. The van der Waals surface area contributed by atoms with E-state index in [1.54, 1.807) is 11.4 Å². The van der Waals surface area contributed by atoms with Gasteiger partial charge in [-0.3, -0.25) is 4.79 Å². The van der Waals surface area contributed by atoms with Crippen LogP contribution in [0, 0.1) is 10.6 Å². The molecule has 3 heterocycles. The minimum Gasteiger partial charge on any atom is -0.366 e. The number of aromatic nitrogens is 3. The number of amides is 1. The molecule has 0 spiro atoms. The number of anilines is 1. The van der Waals surface area contributed by atoms with Crippen LogP contribution in [0.25, 0.3) is 16.9 Å². The van der Waals surface area contributed by atoms with Crippen LogP contribution in [0.4, 0.5) is 5.69 Å². The van der Waals surface area contributed by atoms with Crippen molar-refractivity contribution < 1.29 is 4.79 Å². The molecular formula is C19H19ClIN5O. The van der Waals surface area contributed by atoms with E-state index in [0.717, 1.165) is 45.8 Å². The summed E-state index contributed by atoms with van der Waals surface area (Å²) < 4.78 is 2.73. The number of hydrogen-bond acceptors (Lipinski definition) is 4. The average molecular weight is 496 g/mol. The molecule has 4 rings (SSSR count). The predicted octanol–water partition coefficient (Wildman–Crippen LogP) is 3.68. The van der Waals surface area contributed by atoms with E-state index < -0.39 is 0 Å². The van der Waals surface area contributed by atoms with Crippen LogP contribution in [0.15, 0.2) is 30.3 Å². The number of rotatable bonds is 3. The van der Waals surface area contributed by atoms with Crippen LogP contribution in [0.1, 0.15) is 18.9 Å². The second-order valence-corrected chi connectivity index (χ2v) is 8.25. The molecule has 0 aliphatic carbocycles. The molecule has 1 atom stereocenters. The van der Waals surface area contributed by atoms with E-state index in [1.807, 2.05) is 6.07 Å². The van der Waals surface area contributed by atoms with Crippen molar-refractivity contribution in [3.05, 3.63) is 44.7 Å². The molecule has 1 N–H and O–H groups in total. The summed E-state index contributed by atoms with van der Waals surface area (Å²) in [4.78, 5) is 18.5. The zero-order valence-corrected chi connectivity index (χ0v) is 18.0. The number of nitrogens with zero attached hydrogens (tertiary/aromatic N) is 4. The van der Waals surface area contributed by atoms with Gasteiger partial charge in [0.05, 0.1) is 5.69 Å². The fourth-order valence-electron chi connectivity index (χ4n) is 3.46. The van der Waals surface area contributed by atoms with Crippen LogP contribution >= 0.6 is 34.2 Å². The molecule has 0 radical (unpaired) electrons. The van der Waals surface area contributed by atoms with E-state index in [4.69, 9.17) is 16.6 Å². The number of fused-ring (bicyclic) bond motifs is 1. The smallest absolute Gasteiger partial charge is 0.217 e. The Balaban J connectivity index is 1.77. The van der Waals surface area contributed by atoms with Crippen LogP contribution in [-0.2, 0) is 4.79 Å². The fraction of sp³-hybridized carbons (Fsp3) is 0.316. The first-order valence-electron chi connectivity index (χ1n) is 8.76. The minimum atomic E-state index is -0.00299. The number of benzene rings is 1. The third-order valence-corrected chi connectivity index (χ3v) is 5.89. The van der Waals surface area contributed by atoms with Gasteiger partial charge in [0.25, 0.3) is 0 Å². The van der Waals surface area contributed by atoms with Crippen molar-refractivity contribution in [2.45, 2.75) is 26.3 Å². The first-order chi connectivity index (χ1) is 12.9. The summed E-state index contributed by atoms with van der Waals surface area (Å²) in [6.45, 7) is 5.19. The van der Waals surface area contributed by atoms with Gasteiger partial charge in [-0.25, -0.2) is 9.50 Å². The molecule has 3 aromatic rings. The number of imidazole rings is 1. The quantitative estimate of drug-likeness (QED) is 0.563. The molecule has 1 aromatic carbocycles. The van der Waals surface area contributed by atoms with Crippen LogP contribution in [0.3, 0.4) is 0 Å². The van der Waals surface area contributed by atoms with Crippen molar-refractivity contribution in [1.82, 2.24) is 19.9 Å². The molecule has 0 saturated carbocycles. The molecule has 1 saturated heterocycles. The Morgan fingerprint density at radius 1 is 1.33 bits per heavy atom. The van der Waals surface area contributed by atoms with Gasteiger partial charge in [-0.15, -0.1) is 0 Å². The van der Waals surface area contributed by atoms with Gasteiger partial charge in [0.1, 0.15) is 9.39 Å². The SMILES string of the molecule is CC(=O)NC1CCN(c2cc(Cl)nn3c(I)c(-c4ccc(C)cc4)nc23)C1. The Morgan fingerprint density at radius 3 is 2.78 bits per heavy atom. The van der Waals surface area contributed by atoms with Crippen LogP contribution in [0.2, 0.25) is 5.15 Å². The maximum atomic E-state index is 11.4. The Bertz CT molecular complexity index is 1020. The standard InChI is InChI=1S/C19H19ClIN5O/c1-11-3-5-13(6-4-11)17-18(21)26-19(23-17)15(9-16(20)24-26)25-8-7-14(10-25)22-12(2)27/h3-6,9,14H,7-8,10H2,1-2H3,(H,22,27). The van der Waals surface area contributed by atoms with Crippen molar-refractivity contribution in [2.24, 2.45) is 0 Å².